The summed E-state index contributed by atoms with van der Waals surface area (Å²) in [6.45, 7) is 10.2. The molecule has 0 aliphatic carbocycles. The van der Waals surface area contributed by atoms with Crippen LogP contribution in [0.4, 0.5) is 34.9 Å². The van der Waals surface area contributed by atoms with E-state index in [1.165, 1.54) is 0 Å². The van der Waals surface area contributed by atoms with Crippen molar-refractivity contribution in [2.24, 2.45) is 0 Å². The number of para-hydroxylation sites is 2. The molecule has 22 heteroatoms. The topological polar surface area (TPSA) is 335 Å². The van der Waals surface area contributed by atoms with Crippen molar-refractivity contribution in [2.45, 2.75) is 111 Å². The number of carbonyl (C=O) groups is 2. The van der Waals surface area contributed by atoms with E-state index < -0.39 is 18.0 Å². The Hall–Kier alpha value is -9.80. The fraction of sp³-hybridized carbons (Fsp3) is 0.322. The number of nitrogen functional groups attached to an aromatic ring is 2. The molecule has 0 saturated heterocycles. The van der Waals surface area contributed by atoms with E-state index >= 15 is 0 Å². The molecule has 8 rings (SSSR count). The number of aromatic nitrogens is 8. The number of benzene rings is 4. The molecule has 10 N–H and O–H groups in total. The summed E-state index contributed by atoms with van der Waals surface area (Å²) >= 11 is 0. The molecular weight excluding hydrogens is 1030 g/mol. The van der Waals surface area contributed by atoms with Crippen LogP contribution < -0.4 is 49.3 Å². The molecule has 4 aromatic carbocycles. The zero-order valence-electron chi connectivity index (χ0n) is 46.1. The van der Waals surface area contributed by atoms with Gasteiger partial charge in [0.2, 0.25) is 17.8 Å². The van der Waals surface area contributed by atoms with Crippen LogP contribution in [0.5, 0.6) is 0 Å². The second kappa shape index (κ2) is 28.2. The van der Waals surface area contributed by atoms with Crippen molar-refractivity contribution < 1.29 is 14.8 Å². The van der Waals surface area contributed by atoms with Crippen molar-refractivity contribution in [2.75, 3.05) is 45.8 Å². The molecule has 0 aliphatic rings. The van der Waals surface area contributed by atoms with Crippen LogP contribution in [0, 0.1) is 36.5 Å². The van der Waals surface area contributed by atoms with Gasteiger partial charge in [-0.25, -0.2) is 25.4 Å². The van der Waals surface area contributed by atoms with Crippen molar-refractivity contribution in [1.29, 1.82) is 10.5 Å². The second-order valence-corrected chi connectivity index (χ2v) is 19.2. The summed E-state index contributed by atoms with van der Waals surface area (Å²) in [5.41, 5.74) is 18.3. The van der Waals surface area contributed by atoms with Crippen LogP contribution in [-0.2, 0) is 9.59 Å². The van der Waals surface area contributed by atoms with Gasteiger partial charge in [-0.3, -0.25) is 28.7 Å². The minimum atomic E-state index is -0.485. The number of unbranched alkanes of at least 4 members (excludes halogenated alkanes) is 4. The van der Waals surface area contributed by atoms with Crippen molar-refractivity contribution in [3.05, 3.63) is 152 Å². The van der Waals surface area contributed by atoms with E-state index in [1.54, 1.807) is 41.5 Å². The lowest BCUT2D eigenvalue weighted by molar-refractivity contribution is -0.129. The molecule has 8 aromatic rings. The van der Waals surface area contributed by atoms with Gasteiger partial charge in [0.05, 0.1) is 56.7 Å². The van der Waals surface area contributed by atoms with Gasteiger partial charge in [-0.2, -0.15) is 20.5 Å². The van der Waals surface area contributed by atoms with Crippen LogP contribution in [0.1, 0.15) is 131 Å². The summed E-state index contributed by atoms with van der Waals surface area (Å²) in [6.07, 6.45) is 6.79. The predicted octanol–water partition coefficient (Wildman–Crippen LogP) is 9.04. The fourth-order valence-corrected chi connectivity index (χ4v) is 9.37. The third-order valence-electron chi connectivity index (χ3n) is 13.4. The summed E-state index contributed by atoms with van der Waals surface area (Å²) in [5.74, 6) is 1.43. The smallest absolute Gasteiger partial charge is 0.268 e. The number of nitrogens with zero attached hydrogens (tertiary/aromatic N) is 10. The fourth-order valence-electron chi connectivity index (χ4n) is 9.37. The lowest BCUT2D eigenvalue weighted by Gasteiger charge is -2.23. The number of nitrogens with one attached hydrogen (secondary N) is 5. The van der Waals surface area contributed by atoms with Crippen molar-refractivity contribution in [3.8, 4) is 23.5 Å². The van der Waals surface area contributed by atoms with Gasteiger partial charge >= 0.3 is 0 Å². The van der Waals surface area contributed by atoms with Crippen molar-refractivity contribution >= 4 is 68.4 Å². The first-order valence-electron chi connectivity index (χ1n) is 26.9. The van der Waals surface area contributed by atoms with Crippen LogP contribution in [0.25, 0.3) is 33.2 Å². The van der Waals surface area contributed by atoms with Gasteiger partial charge in [0.25, 0.3) is 11.1 Å². The molecule has 2 atom stereocenters. The maximum atomic E-state index is 14.2. The van der Waals surface area contributed by atoms with Gasteiger partial charge in [-0.05, 0) is 108 Å². The van der Waals surface area contributed by atoms with E-state index in [0.29, 0.717) is 112 Å². The number of hydrogen-bond acceptors (Lipinski definition) is 19. The van der Waals surface area contributed by atoms with E-state index in [0.717, 1.165) is 32.1 Å². The Morgan fingerprint density at radius 1 is 0.580 bits per heavy atom. The largest absolute Gasteiger partial charge is 0.384 e. The highest BCUT2D eigenvalue weighted by Gasteiger charge is 2.26. The molecule has 1 amide bonds. The number of ketones is 1. The Balaban J connectivity index is 0.000000234. The van der Waals surface area contributed by atoms with Gasteiger partial charge in [0.15, 0.2) is 0 Å². The molecular formula is C59H67N17O5. The first-order valence-corrected chi connectivity index (χ1v) is 26.9. The molecule has 4 heterocycles. The van der Waals surface area contributed by atoms with E-state index in [-0.39, 0.29) is 52.2 Å². The minimum absolute atomic E-state index is 0.0400. The number of hydroxylamine groups is 1. The molecule has 0 saturated carbocycles. The maximum absolute atomic E-state index is 14.2. The van der Waals surface area contributed by atoms with Crippen LogP contribution in [0.15, 0.2) is 107 Å². The highest BCUT2D eigenvalue weighted by Crippen LogP contribution is 2.31. The number of nitriles is 2. The SMILES string of the molecule is CC[C@H](Nc1nc(N)nc(C)c1C#N)c1nc2cccc(NCCCCCC(=O)NO)c2c(=O)n1-c1ccccc1.CC[C@H](Nc1nc(N)nc(C)c1C#N)c1nc2cccc(NCCCCCC(C)=O)c2c(=O)n1-c1ccccc1. The molecule has 0 radical (unpaired) electrons. The number of rotatable bonds is 24. The van der Waals surface area contributed by atoms with Gasteiger partial charge in [-0.1, -0.05) is 75.2 Å². The zero-order chi connectivity index (χ0) is 58.0. The highest BCUT2D eigenvalue weighted by atomic mass is 16.5. The Bertz CT molecular complexity index is 3730. The number of hydrogen-bond donors (Lipinski definition) is 8. The molecule has 0 fully saturated rings. The van der Waals surface area contributed by atoms with E-state index in [1.807, 2.05) is 105 Å². The van der Waals surface area contributed by atoms with Crippen LogP contribution in [0.3, 0.4) is 0 Å². The Morgan fingerprint density at radius 3 is 1.38 bits per heavy atom. The molecule has 0 bridgehead atoms. The number of nitrogens with two attached hydrogens (primary N) is 2. The number of anilines is 6. The van der Waals surface area contributed by atoms with Crippen LogP contribution in [0.2, 0.25) is 0 Å². The monoisotopic (exact) mass is 1090 g/mol. The molecule has 0 unspecified atom stereocenters. The molecule has 0 spiro atoms. The Morgan fingerprint density at radius 2 is 1.00 bits per heavy atom. The summed E-state index contributed by atoms with van der Waals surface area (Å²) in [4.78, 5) is 77.5. The average molecular weight is 1090 g/mol. The second-order valence-electron chi connectivity index (χ2n) is 19.2. The van der Waals surface area contributed by atoms with Gasteiger partial charge < -0.3 is 37.5 Å². The quantitative estimate of drug-likeness (QED) is 0.0159. The number of amides is 1. The average Bonchev–Trinajstić information content (AvgIpc) is 3.54. The number of Topliss-reactive ketones (excluding diaryl/α,β-unsaturated/α-hetero) is 1. The lowest BCUT2D eigenvalue weighted by atomic mass is 10.1. The zero-order valence-corrected chi connectivity index (χ0v) is 46.1. The third kappa shape index (κ3) is 14.5. The van der Waals surface area contributed by atoms with Crippen LogP contribution in [-0.4, -0.2) is 69.0 Å². The molecule has 22 nitrogen and oxygen atoms in total. The maximum Gasteiger partial charge on any atom is 0.268 e. The van der Waals surface area contributed by atoms with Gasteiger partial charge in [-0.15, -0.1) is 0 Å². The van der Waals surface area contributed by atoms with Crippen molar-refractivity contribution in [1.82, 2.24) is 44.5 Å². The van der Waals surface area contributed by atoms with Gasteiger partial charge in [0, 0.05) is 37.3 Å². The van der Waals surface area contributed by atoms with E-state index in [9.17, 15) is 29.7 Å². The molecule has 0 aliphatic heterocycles. The molecule has 4 aromatic heterocycles. The standard InChI is InChI=1S/C30H34N8O2.C29H33N9O3/c1-4-23(35-27-22(18-31)20(3)34-30(32)37-27)28-36-25-16-11-15-24(33-17-10-6-7-12-19(2)39)26(25)29(40)38(28)21-13-8-5-9-14-21;1-3-21(34-26-20(17-30)18(2)33-29(31)36-26)27-35-23-14-10-13-22(32-16-9-5-8-15-24(39)37-41)25(23)28(40)38(27)19-11-6-4-7-12-19/h5,8-9,11,13-16,23,33H,4,6-7,10,12,17H2,1-3H3,(H3,32,34,35,37);4,6-7,10-14,21,32,41H,3,5,8-9,15-16H2,1-2H3,(H,37,39)(H3,31,33,34,36)/t23-;21-/m00/s1. The highest BCUT2D eigenvalue weighted by molar-refractivity contribution is 5.92. The summed E-state index contributed by atoms with van der Waals surface area (Å²) < 4.78 is 3.20. The summed E-state index contributed by atoms with van der Waals surface area (Å²) in [5, 5.41) is 42.4. The lowest BCUT2D eigenvalue weighted by Crippen LogP contribution is -2.29. The summed E-state index contributed by atoms with van der Waals surface area (Å²) in [6, 6.07) is 33.1. The van der Waals surface area contributed by atoms with Gasteiger partial charge in [0.1, 0.15) is 52.3 Å². The number of fused-ring (bicyclic) bond motifs is 2. The predicted molar refractivity (Wildman–Crippen MR) is 314 cm³/mol. The van der Waals surface area contributed by atoms with Crippen molar-refractivity contribution in [3.63, 3.8) is 0 Å². The number of aryl methyl sites for hydroxylation is 2. The Kier molecular flexibility index (Phi) is 20.5. The first kappa shape index (κ1) is 58.9. The van der Waals surface area contributed by atoms with Crippen LogP contribution >= 0.6 is 0 Å². The third-order valence-corrected chi connectivity index (χ3v) is 13.4. The number of carbonyl (C=O) groups excluding carboxylic acids is 2. The van der Waals surface area contributed by atoms with E-state index in [4.69, 9.17) is 26.6 Å². The molecule has 418 valence electrons. The molecule has 81 heavy (non-hydrogen) atoms. The Labute approximate surface area is 468 Å². The first-order chi connectivity index (χ1) is 39.2. The summed E-state index contributed by atoms with van der Waals surface area (Å²) in [7, 11) is 0. The minimum Gasteiger partial charge on any atom is -0.384 e. The normalized spacial score (nSPS) is 11.6. The van der Waals surface area contributed by atoms with E-state index in [2.05, 4.69) is 53.3 Å².